The molecule has 0 spiro atoms. The largest absolute Gasteiger partial charge is 0.343 e. The van der Waals surface area contributed by atoms with Crippen LogP contribution in [0, 0.1) is 13.8 Å². The molecule has 1 N–H and O–H groups in total. The van der Waals surface area contributed by atoms with E-state index in [1.165, 1.54) is 18.4 Å². The lowest BCUT2D eigenvalue weighted by Crippen LogP contribution is -2.32. The number of carbonyl (C=O) groups excluding carboxylic acids is 1. The molecule has 0 atom stereocenters. The smallest absolute Gasteiger partial charge is 0.251 e. The van der Waals surface area contributed by atoms with Crippen molar-refractivity contribution in [2.75, 3.05) is 13.1 Å². The van der Waals surface area contributed by atoms with Gasteiger partial charge in [0.05, 0.1) is 5.52 Å². The Morgan fingerprint density at radius 2 is 1.83 bits per heavy atom. The van der Waals surface area contributed by atoms with Crippen molar-refractivity contribution in [2.24, 2.45) is 0 Å². The number of hydrogen-bond acceptors (Lipinski definition) is 2. The summed E-state index contributed by atoms with van der Waals surface area (Å²) in [7, 11) is 0. The molecule has 2 aromatic rings. The van der Waals surface area contributed by atoms with E-state index in [4.69, 9.17) is 0 Å². The molecule has 128 valence electrons. The van der Waals surface area contributed by atoms with Crippen molar-refractivity contribution in [3.8, 4) is 0 Å². The highest BCUT2D eigenvalue weighted by atomic mass is 16.2. The number of H-pyrrole nitrogens is 1. The Hall–Kier alpha value is -2.10. The van der Waals surface area contributed by atoms with Crippen LogP contribution in [0.5, 0.6) is 0 Å². The fraction of sp³-hybridized carbons (Fsp3) is 0.500. The fourth-order valence-electron chi connectivity index (χ4n) is 3.48. The van der Waals surface area contributed by atoms with E-state index >= 15 is 0 Å². The third-order valence-corrected chi connectivity index (χ3v) is 5.19. The van der Waals surface area contributed by atoms with Crippen LogP contribution in [0.4, 0.5) is 0 Å². The molecular weight excluding hydrogens is 300 g/mol. The van der Waals surface area contributed by atoms with Gasteiger partial charge in [-0.2, -0.15) is 0 Å². The number of pyridine rings is 1. The minimum Gasteiger partial charge on any atom is -0.343 e. The summed E-state index contributed by atoms with van der Waals surface area (Å²) in [6.45, 7) is 5.80. The number of benzene rings is 1. The Bertz CT molecular complexity index is 799. The molecule has 1 amide bonds. The Morgan fingerprint density at radius 1 is 1.12 bits per heavy atom. The fourth-order valence-corrected chi connectivity index (χ4v) is 3.48. The lowest BCUT2D eigenvalue weighted by molar-refractivity contribution is -0.131. The molecular formula is C20H26N2O2. The number of nitrogens with one attached hydrogen (secondary N) is 1. The summed E-state index contributed by atoms with van der Waals surface area (Å²) in [5, 5.41) is 1.04. The third-order valence-electron chi connectivity index (χ3n) is 5.19. The molecule has 0 unspecified atom stereocenters. The summed E-state index contributed by atoms with van der Waals surface area (Å²) in [6.07, 6.45) is 5.55. The average Bonchev–Trinajstić information content (AvgIpc) is 2.86. The number of rotatable bonds is 3. The molecule has 2 heterocycles. The highest BCUT2D eigenvalue weighted by Crippen LogP contribution is 2.19. The number of nitrogens with zero attached hydrogens (tertiary/aromatic N) is 1. The first kappa shape index (κ1) is 16.7. The van der Waals surface area contributed by atoms with Crippen molar-refractivity contribution in [3.63, 3.8) is 0 Å². The maximum absolute atomic E-state index is 12.4. The SMILES string of the molecule is Cc1ccc2cc(CCC(=O)N3CCCCCC3)c(=O)[nH]c2c1C. The Balaban J connectivity index is 1.75. The van der Waals surface area contributed by atoms with E-state index in [0.717, 1.165) is 42.4 Å². The lowest BCUT2D eigenvalue weighted by Gasteiger charge is -2.20. The highest BCUT2D eigenvalue weighted by molar-refractivity contribution is 5.83. The maximum atomic E-state index is 12.4. The second kappa shape index (κ2) is 7.20. The van der Waals surface area contributed by atoms with Gasteiger partial charge in [0.1, 0.15) is 0 Å². The van der Waals surface area contributed by atoms with Crippen LogP contribution in [-0.4, -0.2) is 28.9 Å². The van der Waals surface area contributed by atoms with Gasteiger partial charge in [0.2, 0.25) is 5.91 Å². The van der Waals surface area contributed by atoms with Crippen LogP contribution in [0.1, 0.15) is 48.8 Å². The molecule has 3 rings (SSSR count). The van der Waals surface area contributed by atoms with E-state index < -0.39 is 0 Å². The van der Waals surface area contributed by atoms with Gasteiger partial charge in [-0.1, -0.05) is 25.0 Å². The molecule has 0 saturated carbocycles. The first-order valence-electron chi connectivity index (χ1n) is 8.96. The van der Waals surface area contributed by atoms with Crippen LogP contribution in [0.2, 0.25) is 0 Å². The summed E-state index contributed by atoms with van der Waals surface area (Å²) in [6, 6.07) is 6.05. The molecule has 4 heteroatoms. The second-order valence-electron chi connectivity index (χ2n) is 6.89. The van der Waals surface area contributed by atoms with Crippen LogP contribution in [-0.2, 0) is 11.2 Å². The topological polar surface area (TPSA) is 53.2 Å². The van der Waals surface area contributed by atoms with E-state index in [0.29, 0.717) is 18.4 Å². The zero-order valence-corrected chi connectivity index (χ0v) is 14.7. The van der Waals surface area contributed by atoms with Gasteiger partial charge in [-0.3, -0.25) is 9.59 Å². The first-order chi connectivity index (χ1) is 11.6. The molecule has 1 aliphatic rings. The minimum atomic E-state index is -0.0696. The van der Waals surface area contributed by atoms with Gasteiger partial charge in [-0.25, -0.2) is 0 Å². The lowest BCUT2D eigenvalue weighted by atomic mass is 10.0. The number of aryl methyl sites for hydroxylation is 3. The van der Waals surface area contributed by atoms with E-state index in [2.05, 4.69) is 11.1 Å². The summed E-state index contributed by atoms with van der Waals surface area (Å²) in [5.74, 6) is 0.177. The van der Waals surface area contributed by atoms with Crippen LogP contribution >= 0.6 is 0 Å². The van der Waals surface area contributed by atoms with E-state index in [9.17, 15) is 9.59 Å². The highest BCUT2D eigenvalue weighted by Gasteiger charge is 2.16. The minimum absolute atomic E-state index is 0.0696. The van der Waals surface area contributed by atoms with E-state index in [1.807, 2.05) is 30.9 Å². The molecule has 1 fully saturated rings. The van der Waals surface area contributed by atoms with Gasteiger partial charge in [0.25, 0.3) is 5.56 Å². The maximum Gasteiger partial charge on any atom is 0.251 e. The van der Waals surface area contributed by atoms with Crippen LogP contribution in [0.25, 0.3) is 10.9 Å². The average molecular weight is 326 g/mol. The van der Waals surface area contributed by atoms with E-state index in [-0.39, 0.29) is 11.5 Å². The van der Waals surface area contributed by atoms with Crippen LogP contribution in [0.15, 0.2) is 23.0 Å². The zero-order chi connectivity index (χ0) is 17.1. The quantitative estimate of drug-likeness (QED) is 0.939. The Labute approximate surface area is 142 Å². The number of likely N-dealkylation sites (tertiary alicyclic amines) is 1. The number of aromatic nitrogens is 1. The molecule has 1 aliphatic heterocycles. The van der Waals surface area contributed by atoms with Crippen molar-refractivity contribution >= 4 is 16.8 Å². The monoisotopic (exact) mass is 326 g/mol. The third kappa shape index (κ3) is 3.53. The van der Waals surface area contributed by atoms with Gasteiger partial charge < -0.3 is 9.88 Å². The molecule has 4 nitrogen and oxygen atoms in total. The van der Waals surface area contributed by atoms with Crippen molar-refractivity contribution in [1.82, 2.24) is 9.88 Å². The molecule has 0 bridgehead atoms. The summed E-state index contributed by atoms with van der Waals surface area (Å²) < 4.78 is 0. The normalized spacial score (nSPS) is 15.5. The van der Waals surface area contributed by atoms with Gasteiger partial charge in [-0.05, 0) is 55.7 Å². The van der Waals surface area contributed by atoms with Gasteiger partial charge in [0, 0.05) is 25.1 Å². The number of carbonyl (C=O) groups is 1. The van der Waals surface area contributed by atoms with Gasteiger partial charge in [0.15, 0.2) is 0 Å². The van der Waals surface area contributed by atoms with Gasteiger partial charge in [-0.15, -0.1) is 0 Å². The van der Waals surface area contributed by atoms with Gasteiger partial charge >= 0.3 is 0 Å². The summed E-state index contributed by atoms with van der Waals surface area (Å²) in [5.41, 5.74) is 3.82. The number of hydrogen-bond donors (Lipinski definition) is 1. The Kier molecular flexibility index (Phi) is 5.03. The predicted molar refractivity (Wildman–Crippen MR) is 97.4 cm³/mol. The Morgan fingerprint density at radius 3 is 2.54 bits per heavy atom. The number of aromatic amines is 1. The molecule has 0 radical (unpaired) electrons. The second-order valence-corrected chi connectivity index (χ2v) is 6.89. The van der Waals surface area contributed by atoms with Crippen molar-refractivity contribution in [2.45, 2.75) is 52.4 Å². The van der Waals surface area contributed by atoms with Crippen molar-refractivity contribution in [1.29, 1.82) is 0 Å². The number of amides is 1. The summed E-state index contributed by atoms with van der Waals surface area (Å²) in [4.78, 5) is 29.7. The van der Waals surface area contributed by atoms with E-state index in [1.54, 1.807) is 0 Å². The van der Waals surface area contributed by atoms with Crippen molar-refractivity contribution < 1.29 is 4.79 Å². The van der Waals surface area contributed by atoms with Crippen LogP contribution < -0.4 is 5.56 Å². The van der Waals surface area contributed by atoms with Crippen LogP contribution in [0.3, 0.4) is 0 Å². The molecule has 1 aromatic heterocycles. The molecule has 24 heavy (non-hydrogen) atoms. The predicted octanol–water partition coefficient (Wildman–Crippen LogP) is 3.48. The number of fused-ring (bicyclic) bond motifs is 1. The summed E-state index contributed by atoms with van der Waals surface area (Å²) >= 11 is 0. The molecule has 0 aliphatic carbocycles. The standard InChI is InChI=1S/C20H26N2O2/c1-14-7-8-16-13-17(20(24)21-19(16)15(14)2)9-10-18(23)22-11-5-3-4-6-12-22/h7-8,13H,3-6,9-12H2,1-2H3,(H,21,24). The first-order valence-corrected chi connectivity index (χ1v) is 8.96. The molecule has 1 saturated heterocycles. The molecule has 1 aromatic carbocycles. The van der Waals surface area contributed by atoms with Crippen molar-refractivity contribution in [3.05, 3.63) is 45.2 Å². The zero-order valence-electron chi connectivity index (χ0n) is 14.7.